The van der Waals surface area contributed by atoms with E-state index in [9.17, 15) is 4.79 Å². The van der Waals surface area contributed by atoms with E-state index in [4.69, 9.17) is 5.84 Å². The van der Waals surface area contributed by atoms with Gasteiger partial charge in [-0.05, 0) is 18.6 Å². The Morgan fingerprint density at radius 3 is 3.00 bits per heavy atom. The van der Waals surface area contributed by atoms with Crippen molar-refractivity contribution in [2.75, 3.05) is 13.1 Å². The number of rotatable bonds is 2. The average Bonchev–Trinajstić information content (AvgIpc) is 2.26. The fraction of sp³-hybridized carbons (Fsp3) is 0.400. The first-order valence-corrected chi connectivity index (χ1v) is 4.98. The molecule has 0 unspecified atom stereocenters. The number of hydrazine groups is 1. The van der Waals surface area contributed by atoms with E-state index in [1.807, 2.05) is 18.2 Å². The van der Waals surface area contributed by atoms with E-state index >= 15 is 0 Å². The van der Waals surface area contributed by atoms with Gasteiger partial charge in [0.1, 0.15) is 0 Å². The fourth-order valence-corrected chi connectivity index (χ4v) is 1.64. The highest BCUT2D eigenvalue weighted by Gasteiger charge is 2.23. The van der Waals surface area contributed by atoms with Gasteiger partial charge < -0.3 is 4.90 Å². The maximum atomic E-state index is 11.6. The minimum Gasteiger partial charge on any atom is -0.318 e. The monoisotopic (exact) mass is 206 g/mol. The Labute approximate surface area is 88.5 Å². The van der Waals surface area contributed by atoms with Crippen molar-refractivity contribution < 1.29 is 4.79 Å². The topological polar surface area (TPSA) is 62.5 Å². The van der Waals surface area contributed by atoms with Crippen LogP contribution in [0, 0.1) is 0 Å². The zero-order valence-electron chi connectivity index (χ0n) is 8.47. The second kappa shape index (κ2) is 4.27. The van der Waals surface area contributed by atoms with Crippen molar-refractivity contribution >= 4 is 6.03 Å². The predicted octanol–water partition coefficient (Wildman–Crippen LogP) is 0.583. The van der Waals surface area contributed by atoms with Crippen LogP contribution in [0.1, 0.15) is 12.1 Å². The van der Waals surface area contributed by atoms with Gasteiger partial charge in [-0.2, -0.15) is 0 Å². The van der Waals surface area contributed by atoms with Crippen LogP contribution in [-0.4, -0.2) is 34.0 Å². The minimum absolute atomic E-state index is 0.119. The molecule has 0 radical (unpaired) electrons. The van der Waals surface area contributed by atoms with Gasteiger partial charge in [0, 0.05) is 19.3 Å². The first-order valence-electron chi connectivity index (χ1n) is 4.98. The Balaban J connectivity index is 2.03. The lowest BCUT2D eigenvalue weighted by atomic mass is 10.3. The van der Waals surface area contributed by atoms with Crippen LogP contribution in [-0.2, 0) is 6.54 Å². The second-order valence-corrected chi connectivity index (χ2v) is 3.57. The summed E-state index contributed by atoms with van der Waals surface area (Å²) in [7, 11) is 0. The molecule has 15 heavy (non-hydrogen) atoms. The lowest BCUT2D eigenvalue weighted by molar-refractivity contribution is 0.126. The van der Waals surface area contributed by atoms with Crippen LogP contribution >= 0.6 is 0 Å². The summed E-state index contributed by atoms with van der Waals surface area (Å²) in [6.45, 7) is 1.92. The Hall–Kier alpha value is -1.62. The Morgan fingerprint density at radius 2 is 2.27 bits per heavy atom. The molecule has 5 nitrogen and oxygen atoms in total. The van der Waals surface area contributed by atoms with Crippen LogP contribution < -0.4 is 5.84 Å². The van der Waals surface area contributed by atoms with Crippen molar-refractivity contribution in [1.29, 1.82) is 0 Å². The third-order valence-electron chi connectivity index (χ3n) is 2.42. The molecule has 2 heterocycles. The molecule has 1 saturated heterocycles. The number of nitrogens with two attached hydrogens (primary N) is 1. The average molecular weight is 206 g/mol. The standard InChI is InChI=1S/C10H14N4O/c11-14-7-3-6-13(10(14)15)8-9-4-1-2-5-12-9/h1-2,4-5H,3,6-8,11H2. The normalized spacial score (nSPS) is 17.0. The molecule has 1 aliphatic heterocycles. The van der Waals surface area contributed by atoms with Crippen molar-refractivity contribution in [3.05, 3.63) is 30.1 Å². The molecule has 1 aliphatic rings. The summed E-state index contributed by atoms with van der Waals surface area (Å²) in [5.41, 5.74) is 0.890. The molecular weight excluding hydrogens is 192 g/mol. The van der Waals surface area contributed by atoms with Crippen LogP contribution in [0.25, 0.3) is 0 Å². The maximum Gasteiger partial charge on any atom is 0.334 e. The third-order valence-corrected chi connectivity index (χ3v) is 2.42. The van der Waals surface area contributed by atoms with Gasteiger partial charge in [0.2, 0.25) is 0 Å². The number of hydrogen-bond donors (Lipinski definition) is 1. The lowest BCUT2D eigenvalue weighted by Crippen LogP contribution is -2.52. The van der Waals surface area contributed by atoms with Crippen molar-refractivity contribution in [1.82, 2.24) is 14.9 Å². The number of urea groups is 1. The first kappa shape index (κ1) is 9.92. The molecule has 80 valence electrons. The molecule has 0 aliphatic carbocycles. The van der Waals surface area contributed by atoms with E-state index < -0.39 is 0 Å². The van der Waals surface area contributed by atoms with Gasteiger partial charge in [-0.15, -0.1) is 0 Å². The highest BCUT2D eigenvalue weighted by Crippen LogP contribution is 2.09. The molecule has 0 bridgehead atoms. The summed E-state index contributed by atoms with van der Waals surface area (Å²) in [6, 6.07) is 5.56. The smallest absolute Gasteiger partial charge is 0.318 e. The fourth-order valence-electron chi connectivity index (χ4n) is 1.64. The van der Waals surface area contributed by atoms with Crippen LogP contribution in [0.3, 0.4) is 0 Å². The molecule has 2 N–H and O–H groups in total. The zero-order valence-corrected chi connectivity index (χ0v) is 8.47. The molecule has 2 rings (SSSR count). The lowest BCUT2D eigenvalue weighted by Gasteiger charge is -2.32. The summed E-state index contributed by atoms with van der Waals surface area (Å²) in [5, 5.41) is 1.26. The highest BCUT2D eigenvalue weighted by atomic mass is 16.2. The van der Waals surface area contributed by atoms with Crippen molar-refractivity contribution in [2.24, 2.45) is 5.84 Å². The van der Waals surface area contributed by atoms with Crippen LogP contribution in [0.4, 0.5) is 4.79 Å². The van der Waals surface area contributed by atoms with Gasteiger partial charge in [-0.3, -0.25) is 9.99 Å². The van der Waals surface area contributed by atoms with E-state index in [1.165, 1.54) is 5.01 Å². The quantitative estimate of drug-likeness (QED) is 0.569. The minimum atomic E-state index is -0.119. The molecule has 1 aromatic rings. The molecular formula is C10H14N4O. The molecule has 0 saturated carbocycles. The van der Waals surface area contributed by atoms with Gasteiger partial charge in [0.05, 0.1) is 12.2 Å². The number of carbonyl (C=O) groups excluding carboxylic acids is 1. The number of carbonyl (C=O) groups is 1. The van der Waals surface area contributed by atoms with Gasteiger partial charge in [-0.25, -0.2) is 10.6 Å². The number of amides is 2. The SMILES string of the molecule is NN1CCCN(Cc2ccccn2)C1=O. The summed E-state index contributed by atoms with van der Waals surface area (Å²) in [5.74, 6) is 5.54. The number of pyridine rings is 1. The number of aromatic nitrogens is 1. The van der Waals surface area contributed by atoms with E-state index in [0.29, 0.717) is 13.1 Å². The van der Waals surface area contributed by atoms with Crippen molar-refractivity contribution in [3.8, 4) is 0 Å². The Bertz CT molecular complexity index is 341. The molecule has 1 aromatic heterocycles. The van der Waals surface area contributed by atoms with E-state index in [2.05, 4.69) is 4.98 Å². The summed E-state index contributed by atoms with van der Waals surface area (Å²) >= 11 is 0. The highest BCUT2D eigenvalue weighted by molar-refractivity contribution is 5.74. The largest absolute Gasteiger partial charge is 0.334 e. The molecule has 0 spiro atoms. The van der Waals surface area contributed by atoms with E-state index in [-0.39, 0.29) is 6.03 Å². The van der Waals surface area contributed by atoms with Crippen LogP contribution in [0.15, 0.2) is 24.4 Å². The van der Waals surface area contributed by atoms with Crippen LogP contribution in [0.2, 0.25) is 0 Å². The number of nitrogens with zero attached hydrogens (tertiary/aromatic N) is 3. The van der Waals surface area contributed by atoms with Gasteiger partial charge in [0.15, 0.2) is 0 Å². The predicted molar refractivity (Wildman–Crippen MR) is 55.6 cm³/mol. The maximum absolute atomic E-state index is 11.6. The van der Waals surface area contributed by atoms with Gasteiger partial charge in [0.25, 0.3) is 0 Å². The first-order chi connectivity index (χ1) is 7.27. The van der Waals surface area contributed by atoms with Crippen molar-refractivity contribution in [2.45, 2.75) is 13.0 Å². The number of hydrogen-bond acceptors (Lipinski definition) is 3. The zero-order chi connectivity index (χ0) is 10.7. The Morgan fingerprint density at radius 1 is 1.40 bits per heavy atom. The Kier molecular flexibility index (Phi) is 2.82. The molecule has 1 fully saturated rings. The summed E-state index contributed by atoms with van der Waals surface area (Å²) in [4.78, 5) is 17.5. The third kappa shape index (κ3) is 2.24. The van der Waals surface area contributed by atoms with E-state index in [1.54, 1.807) is 11.1 Å². The molecule has 2 amide bonds. The summed E-state index contributed by atoms with van der Waals surface area (Å²) in [6.07, 6.45) is 2.64. The molecule has 5 heteroatoms. The van der Waals surface area contributed by atoms with Crippen LogP contribution in [0.5, 0.6) is 0 Å². The summed E-state index contributed by atoms with van der Waals surface area (Å²) < 4.78 is 0. The second-order valence-electron chi connectivity index (χ2n) is 3.57. The van der Waals surface area contributed by atoms with E-state index in [0.717, 1.165) is 18.7 Å². The molecule has 0 aromatic carbocycles. The van der Waals surface area contributed by atoms with Gasteiger partial charge >= 0.3 is 6.03 Å². The molecule has 0 atom stereocenters. The van der Waals surface area contributed by atoms with Crippen molar-refractivity contribution in [3.63, 3.8) is 0 Å². The van der Waals surface area contributed by atoms with Gasteiger partial charge in [-0.1, -0.05) is 6.07 Å².